The lowest BCUT2D eigenvalue weighted by Gasteiger charge is -2.08. The molecule has 3 nitrogen and oxygen atoms in total. The summed E-state index contributed by atoms with van der Waals surface area (Å²) in [6.45, 7) is 0.842. The number of Topliss-reactive ketones (excluding diaryl/α,β-unsaturated/α-hetero) is 1. The zero-order chi connectivity index (χ0) is 12.1. The first kappa shape index (κ1) is 12.5. The van der Waals surface area contributed by atoms with Crippen molar-refractivity contribution in [3.63, 3.8) is 0 Å². The molecule has 0 saturated carbocycles. The van der Waals surface area contributed by atoms with E-state index in [1.54, 1.807) is 18.5 Å². The van der Waals surface area contributed by atoms with Crippen molar-refractivity contribution in [2.45, 2.75) is 38.2 Å². The Balaban J connectivity index is 1.79. The van der Waals surface area contributed by atoms with E-state index in [4.69, 9.17) is 16.3 Å². The fraction of sp³-hybridized carbons (Fsp3) is 0.538. The largest absolute Gasteiger partial charge is 0.378 e. The third kappa shape index (κ3) is 3.79. The monoisotopic (exact) mass is 253 g/mol. The predicted octanol–water partition coefficient (Wildman–Crippen LogP) is 2.81. The van der Waals surface area contributed by atoms with Crippen molar-refractivity contribution >= 4 is 17.4 Å². The van der Waals surface area contributed by atoms with E-state index in [-0.39, 0.29) is 11.9 Å². The van der Waals surface area contributed by atoms with Crippen LogP contribution in [0.4, 0.5) is 0 Å². The van der Waals surface area contributed by atoms with Crippen molar-refractivity contribution in [1.82, 2.24) is 4.98 Å². The van der Waals surface area contributed by atoms with E-state index in [1.165, 1.54) is 0 Å². The van der Waals surface area contributed by atoms with Gasteiger partial charge in [0.2, 0.25) is 0 Å². The number of carbonyl (C=O) groups is 1. The van der Waals surface area contributed by atoms with Crippen LogP contribution in [0.1, 0.15) is 31.2 Å². The molecular weight excluding hydrogens is 238 g/mol. The van der Waals surface area contributed by atoms with Crippen LogP contribution in [0.2, 0.25) is 5.02 Å². The quantitative estimate of drug-likeness (QED) is 0.810. The van der Waals surface area contributed by atoms with Gasteiger partial charge in [-0.1, -0.05) is 11.6 Å². The first-order valence-electron chi connectivity index (χ1n) is 5.97. The molecular formula is C13H16ClNO2. The van der Waals surface area contributed by atoms with Crippen LogP contribution in [0, 0.1) is 0 Å². The van der Waals surface area contributed by atoms with Crippen molar-refractivity contribution in [2.75, 3.05) is 6.61 Å². The van der Waals surface area contributed by atoms with Gasteiger partial charge in [0.1, 0.15) is 5.78 Å². The molecule has 1 aliphatic rings. The number of carbonyl (C=O) groups excluding carboxylic acids is 1. The molecule has 1 saturated heterocycles. The molecule has 1 aliphatic heterocycles. The molecule has 0 radical (unpaired) electrons. The minimum atomic E-state index is 0.216. The van der Waals surface area contributed by atoms with E-state index in [9.17, 15) is 4.79 Å². The topological polar surface area (TPSA) is 39.2 Å². The second-order valence-electron chi connectivity index (χ2n) is 4.36. The number of nitrogens with zero attached hydrogens (tertiary/aromatic N) is 1. The predicted molar refractivity (Wildman–Crippen MR) is 66.2 cm³/mol. The standard InChI is InChI=1S/C13H16ClNO2/c14-13-9-15-6-5-10(13)8-11(16)3-4-12-2-1-7-17-12/h5-6,9,12H,1-4,7-8H2. The fourth-order valence-corrected chi connectivity index (χ4v) is 2.23. The fourth-order valence-electron chi connectivity index (χ4n) is 2.04. The number of pyridine rings is 1. The minimum Gasteiger partial charge on any atom is -0.378 e. The molecule has 0 amide bonds. The highest BCUT2D eigenvalue weighted by atomic mass is 35.5. The second kappa shape index (κ2) is 6.12. The van der Waals surface area contributed by atoms with Gasteiger partial charge in [-0.2, -0.15) is 0 Å². The number of halogens is 1. The molecule has 92 valence electrons. The van der Waals surface area contributed by atoms with Crippen molar-refractivity contribution in [3.8, 4) is 0 Å². The van der Waals surface area contributed by atoms with Gasteiger partial charge in [-0.3, -0.25) is 9.78 Å². The molecule has 1 unspecified atom stereocenters. The summed E-state index contributed by atoms with van der Waals surface area (Å²) in [7, 11) is 0. The Morgan fingerprint density at radius 2 is 2.47 bits per heavy atom. The van der Waals surface area contributed by atoms with Gasteiger partial charge < -0.3 is 4.74 Å². The van der Waals surface area contributed by atoms with Gasteiger partial charge in [0, 0.05) is 31.8 Å². The highest BCUT2D eigenvalue weighted by molar-refractivity contribution is 6.31. The third-order valence-electron chi connectivity index (χ3n) is 3.01. The summed E-state index contributed by atoms with van der Waals surface area (Å²) < 4.78 is 5.49. The lowest BCUT2D eigenvalue weighted by Crippen LogP contribution is -2.10. The van der Waals surface area contributed by atoms with E-state index in [0.717, 1.165) is 31.4 Å². The maximum atomic E-state index is 11.8. The van der Waals surface area contributed by atoms with E-state index in [2.05, 4.69) is 4.98 Å². The van der Waals surface area contributed by atoms with Crippen LogP contribution in [-0.4, -0.2) is 23.5 Å². The molecule has 0 bridgehead atoms. The van der Waals surface area contributed by atoms with E-state index in [1.807, 2.05) is 0 Å². The summed E-state index contributed by atoms with van der Waals surface area (Å²) in [4.78, 5) is 15.7. The normalized spacial score (nSPS) is 19.5. The van der Waals surface area contributed by atoms with Crippen LogP contribution in [0.5, 0.6) is 0 Å². The zero-order valence-electron chi connectivity index (χ0n) is 9.69. The Kier molecular flexibility index (Phi) is 4.51. The Labute approximate surface area is 106 Å². The third-order valence-corrected chi connectivity index (χ3v) is 3.35. The van der Waals surface area contributed by atoms with Gasteiger partial charge in [-0.05, 0) is 30.9 Å². The summed E-state index contributed by atoms with van der Waals surface area (Å²) in [6.07, 6.45) is 7.53. The van der Waals surface area contributed by atoms with Crippen molar-refractivity contribution in [2.24, 2.45) is 0 Å². The smallest absolute Gasteiger partial charge is 0.137 e. The maximum Gasteiger partial charge on any atom is 0.137 e. The highest BCUT2D eigenvalue weighted by Gasteiger charge is 2.17. The lowest BCUT2D eigenvalue weighted by atomic mass is 10.0. The van der Waals surface area contributed by atoms with Gasteiger partial charge in [0.15, 0.2) is 0 Å². The van der Waals surface area contributed by atoms with Crippen molar-refractivity contribution in [3.05, 3.63) is 29.0 Å². The molecule has 2 rings (SSSR count). The molecule has 0 aliphatic carbocycles. The number of rotatable bonds is 5. The first-order valence-corrected chi connectivity index (χ1v) is 6.35. The van der Waals surface area contributed by atoms with Crippen molar-refractivity contribution < 1.29 is 9.53 Å². The Hall–Kier alpha value is -0.930. The molecule has 1 aromatic rings. The van der Waals surface area contributed by atoms with Gasteiger partial charge in [-0.15, -0.1) is 0 Å². The zero-order valence-corrected chi connectivity index (χ0v) is 10.4. The number of ketones is 1. The number of hydrogen-bond acceptors (Lipinski definition) is 3. The summed E-state index contributed by atoms with van der Waals surface area (Å²) in [5.74, 6) is 0.216. The Morgan fingerprint density at radius 1 is 1.59 bits per heavy atom. The van der Waals surface area contributed by atoms with E-state index >= 15 is 0 Å². The molecule has 1 aromatic heterocycles. The average molecular weight is 254 g/mol. The molecule has 0 N–H and O–H groups in total. The number of hydrogen-bond donors (Lipinski definition) is 0. The average Bonchev–Trinajstić information content (AvgIpc) is 2.82. The summed E-state index contributed by atoms with van der Waals surface area (Å²) in [5, 5.41) is 0.568. The van der Waals surface area contributed by atoms with Crippen LogP contribution in [-0.2, 0) is 16.0 Å². The Morgan fingerprint density at radius 3 is 3.18 bits per heavy atom. The molecule has 0 aromatic carbocycles. The summed E-state index contributed by atoms with van der Waals surface area (Å²) >= 11 is 5.96. The van der Waals surface area contributed by atoms with Crippen LogP contribution in [0.3, 0.4) is 0 Å². The SMILES string of the molecule is O=C(CCC1CCCO1)Cc1ccncc1Cl. The van der Waals surface area contributed by atoms with E-state index < -0.39 is 0 Å². The van der Waals surface area contributed by atoms with Crippen LogP contribution >= 0.6 is 11.6 Å². The highest BCUT2D eigenvalue weighted by Crippen LogP contribution is 2.19. The molecule has 0 spiro atoms. The lowest BCUT2D eigenvalue weighted by molar-refractivity contribution is -0.119. The molecule has 1 fully saturated rings. The summed E-state index contributed by atoms with van der Waals surface area (Å²) in [6, 6.07) is 1.80. The number of ether oxygens (including phenoxy) is 1. The molecule has 4 heteroatoms. The minimum absolute atomic E-state index is 0.216. The molecule has 17 heavy (non-hydrogen) atoms. The second-order valence-corrected chi connectivity index (χ2v) is 4.76. The van der Waals surface area contributed by atoms with Crippen LogP contribution in [0.25, 0.3) is 0 Å². The first-order chi connectivity index (χ1) is 8.25. The Bertz CT molecular complexity index is 389. The molecule has 2 heterocycles. The maximum absolute atomic E-state index is 11.8. The van der Waals surface area contributed by atoms with E-state index in [0.29, 0.717) is 17.9 Å². The van der Waals surface area contributed by atoms with Gasteiger partial charge in [-0.25, -0.2) is 0 Å². The molecule has 1 atom stereocenters. The summed E-state index contributed by atoms with van der Waals surface area (Å²) in [5.41, 5.74) is 0.860. The van der Waals surface area contributed by atoms with Crippen LogP contribution in [0.15, 0.2) is 18.5 Å². The van der Waals surface area contributed by atoms with Gasteiger partial charge >= 0.3 is 0 Å². The van der Waals surface area contributed by atoms with Gasteiger partial charge in [0.05, 0.1) is 11.1 Å². The van der Waals surface area contributed by atoms with Crippen LogP contribution < -0.4 is 0 Å². The van der Waals surface area contributed by atoms with Crippen molar-refractivity contribution in [1.29, 1.82) is 0 Å². The number of aromatic nitrogens is 1. The van der Waals surface area contributed by atoms with Gasteiger partial charge in [0.25, 0.3) is 0 Å².